The Kier molecular flexibility index (Phi) is 14.4. The Bertz CT molecular complexity index is 1650. The molecule has 1 aliphatic rings. The number of sulfonamides is 1. The molecular weight excluding hydrogens is 647 g/mol. The second-order valence-electron chi connectivity index (χ2n) is 13.3. The molecule has 2 heterocycles. The summed E-state index contributed by atoms with van der Waals surface area (Å²) in [6.45, 7) is 5.97. The van der Waals surface area contributed by atoms with Gasteiger partial charge in [0.25, 0.3) is 5.91 Å². The highest BCUT2D eigenvalue weighted by molar-refractivity contribution is 8.01. The van der Waals surface area contributed by atoms with Crippen LogP contribution in [0.4, 0.5) is 5.69 Å². The number of allylic oxidation sites excluding steroid dienone is 2. The summed E-state index contributed by atoms with van der Waals surface area (Å²) in [6, 6.07) is 8.93. The maximum Gasteiger partial charge on any atom is 0.263 e. The first-order chi connectivity index (χ1) is 23.1. The Morgan fingerprint density at radius 3 is 2.27 bits per heavy atom. The highest BCUT2D eigenvalue weighted by Crippen LogP contribution is 2.39. The second-order valence-corrected chi connectivity index (χ2v) is 16.9. The number of rotatable bonds is 19. The van der Waals surface area contributed by atoms with Gasteiger partial charge in [-0.05, 0) is 76.3 Å². The van der Waals surface area contributed by atoms with E-state index in [0.717, 1.165) is 31.1 Å². The van der Waals surface area contributed by atoms with Crippen molar-refractivity contribution in [1.82, 2.24) is 9.79 Å². The van der Waals surface area contributed by atoms with Crippen LogP contribution in [0.25, 0.3) is 21.9 Å². The molecule has 2 aromatic carbocycles. The number of hydrogen-bond donors (Lipinski definition) is 3. The number of nitrogens with one attached hydrogen (secondary N) is 2. The van der Waals surface area contributed by atoms with Crippen molar-refractivity contribution in [3.05, 3.63) is 48.6 Å². The van der Waals surface area contributed by atoms with E-state index in [1.165, 1.54) is 79.9 Å². The minimum Gasteiger partial charge on any atom is -0.456 e. The van der Waals surface area contributed by atoms with Gasteiger partial charge in [0.2, 0.25) is 15.9 Å². The summed E-state index contributed by atoms with van der Waals surface area (Å²) in [7, 11) is -4.08. The molecule has 0 radical (unpaired) electrons. The van der Waals surface area contributed by atoms with E-state index < -0.39 is 26.7 Å². The Morgan fingerprint density at radius 1 is 0.917 bits per heavy atom. The molecular formula is C37H53N3O6S2. The topological polar surface area (TPSA) is 129 Å². The monoisotopic (exact) mass is 699 g/mol. The van der Waals surface area contributed by atoms with Crippen LogP contribution in [0.5, 0.6) is 0 Å². The normalized spacial score (nSPS) is 17.0. The van der Waals surface area contributed by atoms with E-state index in [1.54, 1.807) is 43.6 Å². The first-order valence-electron chi connectivity index (χ1n) is 17.6. The van der Waals surface area contributed by atoms with Gasteiger partial charge in [-0.25, -0.2) is 13.9 Å². The van der Waals surface area contributed by atoms with Crippen LogP contribution in [0.3, 0.4) is 0 Å². The largest absolute Gasteiger partial charge is 0.456 e. The van der Waals surface area contributed by atoms with Gasteiger partial charge in [0.1, 0.15) is 17.2 Å². The Balaban J connectivity index is 1.25. The fraction of sp³-hybridized carbons (Fsp3) is 0.568. The molecule has 0 bridgehead atoms. The molecule has 1 fully saturated rings. The van der Waals surface area contributed by atoms with Gasteiger partial charge in [0, 0.05) is 46.0 Å². The minimum absolute atomic E-state index is 0.0356. The first kappa shape index (κ1) is 38.0. The summed E-state index contributed by atoms with van der Waals surface area (Å²) < 4.78 is 34.1. The van der Waals surface area contributed by atoms with Crippen molar-refractivity contribution >= 4 is 61.2 Å². The highest BCUT2D eigenvalue weighted by atomic mass is 32.2. The average molecular weight is 700 g/mol. The number of anilines is 1. The summed E-state index contributed by atoms with van der Waals surface area (Å²) in [6.07, 6.45) is 20.9. The van der Waals surface area contributed by atoms with E-state index in [4.69, 9.17) is 4.42 Å². The lowest BCUT2D eigenvalue weighted by atomic mass is 10.0. The molecule has 1 saturated heterocycles. The number of carbonyl (C=O) groups excluding carboxylic acids is 2. The van der Waals surface area contributed by atoms with Crippen LogP contribution in [0.1, 0.15) is 111 Å². The summed E-state index contributed by atoms with van der Waals surface area (Å²) in [5, 5.41) is 13.6. The Labute approximate surface area is 290 Å². The molecule has 2 amide bonds. The fourth-order valence-electron chi connectivity index (χ4n) is 6.43. The van der Waals surface area contributed by atoms with E-state index >= 15 is 0 Å². The number of hydrogen-bond acceptors (Lipinski definition) is 7. The maximum atomic E-state index is 13.8. The van der Waals surface area contributed by atoms with E-state index in [1.807, 2.05) is 6.07 Å². The van der Waals surface area contributed by atoms with Crippen molar-refractivity contribution in [3.63, 3.8) is 0 Å². The van der Waals surface area contributed by atoms with Crippen LogP contribution in [0, 0.1) is 0 Å². The van der Waals surface area contributed by atoms with Gasteiger partial charge in [-0.15, -0.1) is 0 Å². The number of carbonyl (C=O) groups is 2. The molecule has 0 aliphatic carbocycles. The van der Waals surface area contributed by atoms with Gasteiger partial charge < -0.3 is 9.73 Å². The molecule has 264 valence electrons. The molecule has 1 aromatic heterocycles. The number of fused-ring (bicyclic) bond motifs is 3. The zero-order valence-electron chi connectivity index (χ0n) is 28.8. The van der Waals surface area contributed by atoms with Crippen LogP contribution in [-0.4, -0.2) is 52.8 Å². The molecule has 3 aromatic rings. The molecule has 0 spiro atoms. The SMILES string of the molecule is CCCCCCCC/C=C\CCCCCCCC(=O)Nc1ccc2c(c1)oc1ccc(S(=O)(=O)N3CCSC(C)(C)C3C(=O)NO)cc12. The van der Waals surface area contributed by atoms with Crippen molar-refractivity contribution in [2.75, 3.05) is 17.6 Å². The van der Waals surface area contributed by atoms with E-state index in [-0.39, 0.29) is 17.3 Å². The molecule has 9 nitrogen and oxygen atoms in total. The van der Waals surface area contributed by atoms with Crippen molar-refractivity contribution < 1.29 is 27.6 Å². The second kappa shape index (κ2) is 18.2. The lowest BCUT2D eigenvalue weighted by Gasteiger charge is -2.43. The third-order valence-electron chi connectivity index (χ3n) is 9.09. The molecule has 11 heteroatoms. The third kappa shape index (κ3) is 10.1. The number of benzene rings is 2. The number of nitrogens with zero attached hydrogens (tertiary/aromatic N) is 1. The molecule has 1 unspecified atom stereocenters. The Morgan fingerprint density at radius 2 is 1.58 bits per heavy atom. The van der Waals surface area contributed by atoms with Crippen molar-refractivity contribution in [1.29, 1.82) is 0 Å². The number of furan rings is 1. The minimum atomic E-state index is -4.08. The van der Waals surface area contributed by atoms with Crippen LogP contribution >= 0.6 is 11.8 Å². The quantitative estimate of drug-likeness (QED) is 0.0493. The summed E-state index contributed by atoms with van der Waals surface area (Å²) in [5.74, 6) is -0.289. The molecule has 4 rings (SSSR count). The van der Waals surface area contributed by atoms with Crippen LogP contribution in [0.15, 0.2) is 57.9 Å². The smallest absolute Gasteiger partial charge is 0.263 e. The zero-order valence-corrected chi connectivity index (χ0v) is 30.4. The van der Waals surface area contributed by atoms with Crippen LogP contribution in [0.2, 0.25) is 0 Å². The average Bonchev–Trinajstić information content (AvgIpc) is 3.42. The molecule has 1 atom stereocenters. The first-order valence-corrected chi connectivity index (χ1v) is 20.0. The van der Waals surface area contributed by atoms with Gasteiger partial charge in [-0.1, -0.05) is 70.4 Å². The van der Waals surface area contributed by atoms with Crippen LogP contribution in [-0.2, 0) is 19.6 Å². The Hall–Kier alpha value is -2.86. The summed E-state index contributed by atoms with van der Waals surface area (Å²) in [5.41, 5.74) is 3.31. The summed E-state index contributed by atoms with van der Waals surface area (Å²) >= 11 is 1.49. The predicted octanol–water partition coefficient (Wildman–Crippen LogP) is 8.95. The van der Waals surface area contributed by atoms with Gasteiger partial charge in [-0.3, -0.25) is 14.8 Å². The molecule has 48 heavy (non-hydrogen) atoms. The number of unbranched alkanes of at least 4 members (excludes halogenated alkanes) is 11. The van der Waals surface area contributed by atoms with Gasteiger partial charge >= 0.3 is 0 Å². The zero-order chi connectivity index (χ0) is 34.6. The summed E-state index contributed by atoms with van der Waals surface area (Å²) in [4.78, 5) is 25.2. The number of thioether (sulfide) groups is 1. The maximum absolute atomic E-state index is 13.8. The predicted molar refractivity (Wildman–Crippen MR) is 196 cm³/mol. The third-order valence-corrected chi connectivity index (χ3v) is 12.3. The van der Waals surface area contributed by atoms with Crippen LogP contribution < -0.4 is 10.8 Å². The molecule has 0 saturated carbocycles. The van der Waals surface area contributed by atoms with Gasteiger partial charge in [0.15, 0.2) is 0 Å². The lowest BCUT2D eigenvalue weighted by molar-refractivity contribution is -0.134. The number of hydroxylamine groups is 1. The lowest BCUT2D eigenvalue weighted by Crippen LogP contribution is -2.61. The van der Waals surface area contributed by atoms with Crippen molar-refractivity contribution in [3.8, 4) is 0 Å². The fourth-order valence-corrected chi connectivity index (χ4v) is 9.56. The molecule has 1 aliphatic heterocycles. The highest BCUT2D eigenvalue weighted by Gasteiger charge is 2.48. The van der Waals surface area contributed by atoms with E-state index in [9.17, 15) is 23.2 Å². The molecule has 3 N–H and O–H groups in total. The van der Waals surface area contributed by atoms with E-state index in [2.05, 4.69) is 24.4 Å². The van der Waals surface area contributed by atoms with Crippen molar-refractivity contribution in [2.45, 2.75) is 126 Å². The standard InChI is InChI=1S/C37H53N3O6S2/c1-4-5-6-7-8-9-10-11-12-13-14-15-16-17-18-19-34(41)38-28-20-22-30-31-27-29(21-23-32(31)46-33(30)26-28)48(44,45)40-24-25-47-37(2,3)35(40)36(42)39-43/h11-12,20-23,26-27,35,43H,4-10,13-19,24-25H2,1-3H3,(H,38,41)(H,39,42)/b12-11-. The van der Waals surface area contributed by atoms with Gasteiger partial charge in [0.05, 0.1) is 4.90 Å². The van der Waals surface area contributed by atoms with Crippen molar-refractivity contribution in [2.24, 2.45) is 0 Å². The van der Waals surface area contributed by atoms with E-state index in [0.29, 0.717) is 34.4 Å². The van der Waals surface area contributed by atoms with Gasteiger partial charge in [-0.2, -0.15) is 16.1 Å². The number of amides is 2.